The molecule has 31 heavy (non-hydrogen) atoms. The lowest BCUT2D eigenvalue weighted by Gasteiger charge is -2.40. The Bertz CT molecular complexity index is 1090. The average molecular weight is 425 g/mol. The summed E-state index contributed by atoms with van der Waals surface area (Å²) in [7, 11) is 0. The van der Waals surface area contributed by atoms with Crippen LogP contribution in [0, 0.1) is 11.2 Å². The second-order valence-corrected chi connectivity index (χ2v) is 9.17. The molecular weight excluding hydrogens is 395 g/mol. The lowest BCUT2D eigenvalue weighted by molar-refractivity contribution is 0.0616. The summed E-state index contributed by atoms with van der Waals surface area (Å²) < 4.78 is 15.3. The van der Waals surface area contributed by atoms with Crippen molar-refractivity contribution in [3.63, 3.8) is 0 Å². The van der Waals surface area contributed by atoms with Crippen molar-refractivity contribution in [3.8, 4) is 11.5 Å². The molecule has 0 amide bonds. The van der Waals surface area contributed by atoms with E-state index in [-0.39, 0.29) is 17.3 Å². The summed E-state index contributed by atoms with van der Waals surface area (Å²) in [6.07, 6.45) is 6.12. The van der Waals surface area contributed by atoms with Gasteiger partial charge in [0.05, 0.1) is 12.3 Å². The second kappa shape index (κ2) is 8.26. The summed E-state index contributed by atoms with van der Waals surface area (Å²) in [6, 6.07) is 4.99. The molecule has 0 radical (unpaired) electrons. The van der Waals surface area contributed by atoms with Crippen LogP contribution in [0.4, 0.5) is 10.2 Å². The molecule has 164 valence electrons. The quantitative estimate of drug-likeness (QED) is 0.650. The molecule has 4 rings (SSSR count). The average Bonchev–Trinajstić information content (AvgIpc) is 3.15. The predicted octanol–water partition coefficient (Wildman–Crippen LogP) is 3.73. The van der Waals surface area contributed by atoms with Crippen LogP contribution in [0.1, 0.15) is 33.6 Å². The van der Waals surface area contributed by atoms with Crippen LogP contribution < -0.4 is 5.32 Å². The highest BCUT2D eigenvalue weighted by Gasteiger charge is 2.30. The largest absolute Gasteiger partial charge is 0.386 e. The summed E-state index contributed by atoms with van der Waals surface area (Å²) in [5.41, 5.74) is 1.77. The number of aliphatic hydroxyl groups excluding tert-OH is 1. The molecule has 1 saturated heterocycles. The van der Waals surface area contributed by atoms with Crippen LogP contribution >= 0.6 is 0 Å². The minimum Gasteiger partial charge on any atom is -0.386 e. The molecule has 0 bridgehead atoms. The Kier molecular flexibility index (Phi) is 5.66. The fourth-order valence-electron chi connectivity index (χ4n) is 3.92. The molecule has 8 heteroatoms. The van der Waals surface area contributed by atoms with Crippen molar-refractivity contribution in [1.29, 1.82) is 0 Å². The number of anilines is 1. The van der Waals surface area contributed by atoms with E-state index in [0.717, 1.165) is 31.6 Å². The monoisotopic (exact) mass is 424 g/mol. The van der Waals surface area contributed by atoms with Crippen molar-refractivity contribution in [3.05, 3.63) is 54.9 Å². The van der Waals surface area contributed by atoms with Gasteiger partial charge in [0.2, 0.25) is 0 Å². The van der Waals surface area contributed by atoms with Crippen LogP contribution in [0.5, 0.6) is 0 Å². The Hall–Kier alpha value is -3.00. The molecule has 1 aliphatic rings. The first-order valence-electron chi connectivity index (χ1n) is 10.6. The van der Waals surface area contributed by atoms with Gasteiger partial charge in [-0.15, -0.1) is 0 Å². The van der Waals surface area contributed by atoms with E-state index >= 15 is 0 Å². The van der Waals surface area contributed by atoms with Crippen molar-refractivity contribution in [1.82, 2.24) is 24.3 Å². The fourth-order valence-corrected chi connectivity index (χ4v) is 3.92. The molecule has 1 aliphatic heterocycles. The number of piperidine rings is 1. The standard InChI is InChI=1S/C23H29FN6O/c1-15(21(31)23(2,3)4)29-11-5-6-17(14-29)27-19-9-10-25-22(28-19)18-12-26-20-8-7-16(24)13-30(18)20/h7-10,12-13,17,21,31H,1,5-6,11,14H2,2-4H3,(H,25,27,28)/t17-,21+/m1/s1. The fraction of sp³-hybridized carbons (Fsp3) is 0.435. The minimum atomic E-state index is -0.590. The molecule has 3 aromatic heterocycles. The van der Waals surface area contributed by atoms with Crippen LogP contribution in [0.3, 0.4) is 0 Å². The normalized spacial score (nSPS) is 18.2. The number of aromatic nitrogens is 4. The maximum atomic E-state index is 13.7. The van der Waals surface area contributed by atoms with E-state index in [1.54, 1.807) is 22.9 Å². The highest BCUT2D eigenvalue weighted by Crippen LogP contribution is 2.28. The van der Waals surface area contributed by atoms with Crippen LogP contribution in [-0.4, -0.2) is 54.6 Å². The molecule has 0 unspecified atom stereocenters. The van der Waals surface area contributed by atoms with E-state index in [1.807, 2.05) is 26.8 Å². The Morgan fingerprint density at radius 1 is 1.29 bits per heavy atom. The van der Waals surface area contributed by atoms with Gasteiger partial charge in [-0.25, -0.2) is 19.3 Å². The smallest absolute Gasteiger partial charge is 0.180 e. The van der Waals surface area contributed by atoms with E-state index in [0.29, 0.717) is 23.0 Å². The van der Waals surface area contributed by atoms with E-state index in [2.05, 4.69) is 31.7 Å². The number of aliphatic hydroxyl groups is 1. The van der Waals surface area contributed by atoms with E-state index in [4.69, 9.17) is 0 Å². The second-order valence-electron chi connectivity index (χ2n) is 9.17. The van der Waals surface area contributed by atoms with Gasteiger partial charge in [-0.05, 0) is 36.5 Å². The Balaban J connectivity index is 1.50. The highest BCUT2D eigenvalue weighted by atomic mass is 19.1. The maximum Gasteiger partial charge on any atom is 0.180 e. The number of pyridine rings is 1. The molecule has 1 fully saturated rings. The Morgan fingerprint density at radius 2 is 2.10 bits per heavy atom. The maximum absolute atomic E-state index is 13.7. The Morgan fingerprint density at radius 3 is 2.87 bits per heavy atom. The molecule has 2 atom stereocenters. The SMILES string of the molecule is C=C([C@H](O)C(C)(C)C)N1CCC[C@@H](Nc2ccnc(-c3cnc4ccc(F)cn34)n2)C1. The Labute approximate surface area is 181 Å². The molecular formula is C23H29FN6O. The molecule has 0 spiro atoms. The summed E-state index contributed by atoms with van der Waals surface area (Å²) in [5.74, 6) is 0.828. The summed E-state index contributed by atoms with van der Waals surface area (Å²) in [4.78, 5) is 15.5. The van der Waals surface area contributed by atoms with Crippen LogP contribution in [0.15, 0.2) is 49.1 Å². The molecule has 0 aromatic carbocycles. The molecule has 3 aromatic rings. The van der Waals surface area contributed by atoms with Crippen molar-refractivity contribution in [2.45, 2.75) is 45.8 Å². The van der Waals surface area contributed by atoms with Gasteiger partial charge < -0.3 is 15.3 Å². The van der Waals surface area contributed by atoms with E-state index in [1.165, 1.54) is 12.3 Å². The molecule has 0 saturated carbocycles. The van der Waals surface area contributed by atoms with Crippen molar-refractivity contribution < 1.29 is 9.50 Å². The van der Waals surface area contributed by atoms with Gasteiger partial charge in [-0.2, -0.15) is 0 Å². The van der Waals surface area contributed by atoms with Crippen LogP contribution in [-0.2, 0) is 0 Å². The molecule has 0 aliphatic carbocycles. The number of rotatable bonds is 5. The molecule has 4 heterocycles. The minimum absolute atomic E-state index is 0.167. The van der Waals surface area contributed by atoms with Gasteiger partial charge in [0.1, 0.15) is 23.0 Å². The zero-order valence-corrected chi connectivity index (χ0v) is 18.2. The number of hydrogen-bond acceptors (Lipinski definition) is 6. The zero-order chi connectivity index (χ0) is 22.2. The van der Waals surface area contributed by atoms with Gasteiger partial charge in [0.15, 0.2) is 5.82 Å². The molecule has 7 nitrogen and oxygen atoms in total. The number of nitrogens with one attached hydrogen (secondary N) is 1. The topological polar surface area (TPSA) is 78.6 Å². The van der Waals surface area contributed by atoms with E-state index in [9.17, 15) is 9.50 Å². The summed E-state index contributed by atoms with van der Waals surface area (Å²) in [5, 5.41) is 14.1. The number of imidazole rings is 1. The van der Waals surface area contributed by atoms with Gasteiger partial charge in [-0.1, -0.05) is 27.4 Å². The first-order valence-corrected chi connectivity index (χ1v) is 10.6. The van der Waals surface area contributed by atoms with Crippen molar-refractivity contribution in [2.24, 2.45) is 5.41 Å². The van der Waals surface area contributed by atoms with Crippen molar-refractivity contribution >= 4 is 11.5 Å². The zero-order valence-electron chi connectivity index (χ0n) is 18.2. The molecule has 2 N–H and O–H groups in total. The number of fused-ring (bicyclic) bond motifs is 1. The lowest BCUT2D eigenvalue weighted by Crippen LogP contribution is -2.45. The van der Waals surface area contributed by atoms with Gasteiger partial charge >= 0.3 is 0 Å². The van der Waals surface area contributed by atoms with Crippen LogP contribution in [0.25, 0.3) is 17.2 Å². The van der Waals surface area contributed by atoms with Gasteiger partial charge in [-0.3, -0.25) is 4.40 Å². The predicted molar refractivity (Wildman–Crippen MR) is 119 cm³/mol. The van der Waals surface area contributed by atoms with Crippen LogP contribution in [0.2, 0.25) is 0 Å². The van der Waals surface area contributed by atoms with E-state index < -0.39 is 6.10 Å². The highest BCUT2D eigenvalue weighted by molar-refractivity contribution is 5.58. The summed E-state index contributed by atoms with van der Waals surface area (Å²) >= 11 is 0. The van der Waals surface area contributed by atoms with Crippen molar-refractivity contribution in [2.75, 3.05) is 18.4 Å². The van der Waals surface area contributed by atoms with Gasteiger partial charge in [0.25, 0.3) is 0 Å². The first-order chi connectivity index (χ1) is 14.7. The summed E-state index contributed by atoms with van der Waals surface area (Å²) in [6.45, 7) is 11.8. The third-order valence-corrected chi connectivity index (χ3v) is 5.67. The lowest BCUT2D eigenvalue weighted by atomic mass is 9.86. The number of halogens is 1. The first kappa shape index (κ1) is 21.2. The number of likely N-dealkylation sites (tertiary alicyclic amines) is 1. The third kappa shape index (κ3) is 4.54. The number of nitrogens with zero attached hydrogens (tertiary/aromatic N) is 5. The number of hydrogen-bond donors (Lipinski definition) is 2. The van der Waals surface area contributed by atoms with Gasteiger partial charge in [0, 0.05) is 37.2 Å². The third-order valence-electron chi connectivity index (χ3n) is 5.67.